The molecule has 1 aromatic heterocycles. The van der Waals surface area contributed by atoms with Crippen LogP contribution >= 0.6 is 11.3 Å². The Morgan fingerprint density at radius 3 is 2.59 bits per heavy atom. The van der Waals surface area contributed by atoms with E-state index >= 15 is 0 Å². The number of benzene rings is 2. The minimum Gasteiger partial charge on any atom is -0.485 e. The smallest absolute Gasteiger partial charge is 0.270 e. The second kappa shape index (κ2) is 7.04. The summed E-state index contributed by atoms with van der Waals surface area (Å²) in [6.45, 7) is 6.42. The maximum absolute atomic E-state index is 12.6. The van der Waals surface area contributed by atoms with Gasteiger partial charge in [-0.05, 0) is 44.0 Å². The number of carbonyl (C=O) groups excluding carboxylic acids is 1. The van der Waals surface area contributed by atoms with Crippen LogP contribution < -0.4 is 14.8 Å². The summed E-state index contributed by atoms with van der Waals surface area (Å²) >= 11 is 1.40. The van der Waals surface area contributed by atoms with Gasteiger partial charge in [-0.2, -0.15) is 0 Å². The first-order chi connectivity index (χ1) is 13.0. The molecule has 0 spiro atoms. The van der Waals surface area contributed by atoms with E-state index in [1.165, 1.54) is 28.0 Å². The number of amides is 1. The maximum atomic E-state index is 12.6. The van der Waals surface area contributed by atoms with E-state index in [-0.39, 0.29) is 12.5 Å². The standard InChI is InChI=1S/C21H20N2O3S/c1-12-8-13(2)19(14(3)9-12)15-11-27-21(22-15)23-20(24)18-10-25-16-6-4-5-7-17(16)26-18/h4-9,11,18H,10H2,1-3H3,(H,22,23,24)/t18-/m0/s1. The summed E-state index contributed by atoms with van der Waals surface area (Å²) in [4.78, 5) is 17.2. The van der Waals surface area contributed by atoms with Gasteiger partial charge < -0.3 is 9.47 Å². The van der Waals surface area contributed by atoms with Crippen molar-refractivity contribution in [3.63, 3.8) is 0 Å². The van der Waals surface area contributed by atoms with Crippen molar-refractivity contribution in [2.45, 2.75) is 26.9 Å². The van der Waals surface area contributed by atoms with Crippen LogP contribution in [0.25, 0.3) is 11.3 Å². The highest BCUT2D eigenvalue weighted by molar-refractivity contribution is 7.14. The van der Waals surface area contributed by atoms with Crippen molar-refractivity contribution >= 4 is 22.4 Å². The number of nitrogens with zero attached hydrogens (tertiary/aromatic N) is 1. The Morgan fingerprint density at radius 1 is 1.15 bits per heavy atom. The number of fused-ring (bicyclic) bond motifs is 1. The van der Waals surface area contributed by atoms with Crippen LogP contribution in [-0.4, -0.2) is 23.6 Å². The Kier molecular flexibility index (Phi) is 4.58. The normalized spacial score (nSPS) is 15.4. The van der Waals surface area contributed by atoms with Gasteiger partial charge in [0.2, 0.25) is 6.10 Å². The fraction of sp³-hybridized carbons (Fsp3) is 0.238. The monoisotopic (exact) mass is 380 g/mol. The molecule has 138 valence electrons. The van der Waals surface area contributed by atoms with Crippen LogP contribution in [0.1, 0.15) is 16.7 Å². The number of aromatic nitrogens is 1. The number of carbonyl (C=O) groups is 1. The van der Waals surface area contributed by atoms with Crippen molar-refractivity contribution in [2.75, 3.05) is 11.9 Å². The lowest BCUT2D eigenvalue weighted by atomic mass is 9.98. The maximum Gasteiger partial charge on any atom is 0.270 e. The molecular formula is C21H20N2O3S. The van der Waals surface area contributed by atoms with Crippen molar-refractivity contribution in [1.82, 2.24) is 4.98 Å². The number of hydrogen-bond donors (Lipinski definition) is 1. The predicted octanol–water partition coefficient (Wildman–Crippen LogP) is 4.51. The number of rotatable bonds is 3. The van der Waals surface area contributed by atoms with E-state index in [2.05, 4.69) is 43.2 Å². The van der Waals surface area contributed by atoms with Gasteiger partial charge in [-0.3, -0.25) is 10.1 Å². The first-order valence-electron chi connectivity index (χ1n) is 8.74. The third-order valence-corrected chi connectivity index (χ3v) is 5.23. The molecule has 0 bridgehead atoms. The molecule has 0 fully saturated rings. The van der Waals surface area contributed by atoms with Gasteiger partial charge in [-0.25, -0.2) is 4.98 Å². The number of para-hydroxylation sites is 2. The summed E-state index contributed by atoms with van der Waals surface area (Å²) < 4.78 is 11.4. The Bertz CT molecular complexity index is 989. The van der Waals surface area contributed by atoms with Gasteiger partial charge >= 0.3 is 0 Å². The minimum atomic E-state index is -0.699. The molecule has 6 heteroatoms. The predicted molar refractivity (Wildman–Crippen MR) is 107 cm³/mol. The molecule has 2 heterocycles. The second-order valence-electron chi connectivity index (χ2n) is 6.67. The minimum absolute atomic E-state index is 0.178. The largest absolute Gasteiger partial charge is 0.485 e. The number of hydrogen-bond acceptors (Lipinski definition) is 5. The summed E-state index contributed by atoms with van der Waals surface area (Å²) in [7, 11) is 0. The molecule has 27 heavy (non-hydrogen) atoms. The lowest BCUT2D eigenvalue weighted by Crippen LogP contribution is -2.40. The van der Waals surface area contributed by atoms with Crippen LogP contribution in [0.4, 0.5) is 5.13 Å². The number of anilines is 1. The Hall–Kier alpha value is -2.86. The van der Waals surface area contributed by atoms with Crippen molar-refractivity contribution in [3.05, 3.63) is 58.5 Å². The van der Waals surface area contributed by atoms with Crippen LogP contribution in [0.3, 0.4) is 0 Å². The van der Waals surface area contributed by atoms with Crippen molar-refractivity contribution in [2.24, 2.45) is 0 Å². The van der Waals surface area contributed by atoms with E-state index in [1.54, 1.807) is 6.07 Å². The Morgan fingerprint density at radius 2 is 1.85 bits per heavy atom. The number of thiazole rings is 1. The van der Waals surface area contributed by atoms with Crippen LogP contribution in [0.5, 0.6) is 11.5 Å². The highest BCUT2D eigenvalue weighted by Crippen LogP contribution is 2.33. The first kappa shape index (κ1) is 17.5. The molecule has 1 amide bonds. The van der Waals surface area contributed by atoms with E-state index in [4.69, 9.17) is 9.47 Å². The van der Waals surface area contributed by atoms with Gasteiger partial charge in [0, 0.05) is 10.9 Å². The molecular weight excluding hydrogens is 360 g/mol. The number of nitrogens with one attached hydrogen (secondary N) is 1. The molecule has 1 atom stereocenters. The Balaban J connectivity index is 1.50. The van der Waals surface area contributed by atoms with Gasteiger partial charge in [0.15, 0.2) is 16.6 Å². The van der Waals surface area contributed by atoms with Crippen LogP contribution in [0.2, 0.25) is 0 Å². The fourth-order valence-electron chi connectivity index (χ4n) is 3.36. The third kappa shape index (κ3) is 3.53. The van der Waals surface area contributed by atoms with Crippen molar-refractivity contribution < 1.29 is 14.3 Å². The van der Waals surface area contributed by atoms with Gasteiger partial charge in [0.05, 0.1) is 5.69 Å². The van der Waals surface area contributed by atoms with Gasteiger partial charge in [-0.15, -0.1) is 11.3 Å². The van der Waals surface area contributed by atoms with Gasteiger partial charge in [0.25, 0.3) is 5.91 Å². The molecule has 1 aliphatic heterocycles. The van der Waals surface area contributed by atoms with Gasteiger partial charge in [-0.1, -0.05) is 29.8 Å². The van der Waals surface area contributed by atoms with Crippen molar-refractivity contribution in [3.8, 4) is 22.8 Å². The molecule has 0 radical (unpaired) electrons. The van der Waals surface area contributed by atoms with E-state index < -0.39 is 6.10 Å². The molecule has 2 aromatic carbocycles. The molecule has 0 saturated carbocycles. The molecule has 5 nitrogen and oxygen atoms in total. The molecule has 1 aliphatic rings. The summed E-state index contributed by atoms with van der Waals surface area (Å²) in [5.41, 5.74) is 5.57. The zero-order valence-electron chi connectivity index (χ0n) is 15.4. The SMILES string of the molecule is Cc1cc(C)c(-c2csc(NC(=O)[C@@H]3COc4ccccc4O3)n2)c(C)c1. The molecule has 4 rings (SSSR count). The summed E-state index contributed by atoms with van der Waals surface area (Å²) in [6, 6.07) is 11.6. The fourth-order valence-corrected chi connectivity index (χ4v) is 4.07. The summed E-state index contributed by atoms with van der Waals surface area (Å²) in [5, 5.41) is 5.37. The van der Waals surface area contributed by atoms with Crippen LogP contribution in [0.15, 0.2) is 41.8 Å². The number of aryl methyl sites for hydroxylation is 3. The molecule has 0 aliphatic carbocycles. The zero-order valence-corrected chi connectivity index (χ0v) is 16.2. The van der Waals surface area contributed by atoms with Crippen LogP contribution in [-0.2, 0) is 4.79 Å². The van der Waals surface area contributed by atoms with E-state index in [9.17, 15) is 4.79 Å². The lowest BCUT2D eigenvalue weighted by molar-refractivity contribution is -0.125. The van der Waals surface area contributed by atoms with E-state index in [0.717, 1.165) is 11.3 Å². The van der Waals surface area contributed by atoms with Crippen LogP contribution in [0, 0.1) is 20.8 Å². The average molecular weight is 380 g/mol. The first-order valence-corrected chi connectivity index (χ1v) is 9.62. The highest BCUT2D eigenvalue weighted by atomic mass is 32.1. The second-order valence-corrected chi connectivity index (χ2v) is 7.52. The average Bonchev–Trinajstić information content (AvgIpc) is 3.08. The lowest BCUT2D eigenvalue weighted by Gasteiger charge is -2.25. The topological polar surface area (TPSA) is 60.5 Å². The molecule has 3 aromatic rings. The van der Waals surface area contributed by atoms with E-state index in [1.807, 2.05) is 23.6 Å². The van der Waals surface area contributed by atoms with Gasteiger partial charge in [0.1, 0.15) is 6.61 Å². The molecule has 0 saturated heterocycles. The number of ether oxygens (including phenoxy) is 2. The molecule has 1 N–H and O–H groups in total. The van der Waals surface area contributed by atoms with Crippen molar-refractivity contribution in [1.29, 1.82) is 0 Å². The quantitative estimate of drug-likeness (QED) is 0.726. The highest BCUT2D eigenvalue weighted by Gasteiger charge is 2.28. The third-order valence-electron chi connectivity index (χ3n) is 4.47. The summed E-state index contributed by atoms with van der Waals surface area (Å²) in [6.07, 6.45) is -0.699. The Labute approximate surface area is 162 Å². The summed E-state index contributed by atoms with van der Waals surface area (Å²) in [5.74, 6) is 0.973. The molecule has 0 unspecified atom stereocenters. The zero-order chi connectivity index (χ0) is 19.0. The van der Waals surface area contributed by atoms with E-state index in [0.29, 0.717) is 16.6 Å².